The second-order valence-electron chi connectivity index (χ2n) is 8.90. The summed E-state index contributed by atoms with van der Waals surface area (Å²) in [6.07, 6.45) is 5.51. The van der Waals surface area contributed by atoms with Crippen LogP contribution in [0.1, 0.15) is 46.0 Å². The minimum atomic E-state index is -0.197. The molecule has 4 nitrogen and oxygen atoms in total. The van der Waals surface area contributed by atoms with Crippen LogP contribution in [0.2, 0.25) is 0 Å². The second kappa shape index (κ2) is 4.07. The molecule has 2 aliphatic heterocycles. The largest absolute Gasteiger partial charge is 0.461 e. The van der Waals surface area contributed by atoms with Crippen LogP contribution in [0.3, 0.4) is 0 Å². The molecule has 3 aliphatic carbocycles. The molecule has 5 aliphatic rings. The fourth-order valence-electron chi connectivity index (χ4n) is 7.99. The predicted molar refractivity (Wildman–Crippen MR) is 81.0 cm³/mol. The zero-order valence-electron chi connectivity index (χ0n) is 13.6. The topological polar surface area (TPSA) is 49.8 Å². The van der Waals surface area contributed by atoms with Crippen molar-refractivity contribution in [2.45, 2.75) is 63.7 Å². The van der Waals surface area contributed by atoms with Crippen molar-refractivity contribution in [1.82, 2.24) is 4.90 Å². The van der Waals surface area contributed by atoms with E-state index in [1.54, 1.807) is 0 Å². The van der Waals surface area contributed by atoms with Crippen molar-refractivity contribution >= 4 is 5.97 Å². The van der Waals surface area contributed by atoms with Crippen LogP contribution in [0.5, 0.6) is 0 Å². The summed E-state index contributed by atoms with van der Waals surface area (Å²) in [7, 11) is 0. The molecule has 2 saturated heterocycles. The lowest BCUT2D eigenvalue weighted by Crippen LogP contribution is -2.71. The summed E-state index contributed by atoms with van der Waals surface area (Å²) in [5, 5.41) is 11.2. The van der Waals surface area contributed by atoms with Crippen LogP contribution in [0.25, 0.3) is 0 Å². The van der Waals surface area contributed by atoms with Crippen LogP contribution in [0.4, 0.5) is 0 Å². The Kier molecular flexibility index (Phi) is 2.55. The van der Waals surface area contributed by atoms with E-state index >= 15 is 0 Å². The van der Waals surface area contributed by atoms with Crippen molar-refractivity contribution in [3.63, 3.8) is 0 Å². The molecule has 1 spiro atoms. The lowest BCUT2D eigenvalue weighted by molar-refractivity contribution is -0.203. The van der Waals surface area contributed by atoms with Gasteiger partial charge in [-0.25, -0.2) is 0 Å². The molecule has 5 fully saturated rings. The van der Waals surface area contributed by atoms with Gasteiger partial charge in [0.15, 0.2) is 0 Å². The molecule has 1 N–H and O–H groups in total. The molecule has 0 radical (unpaired) electrons. The smallest absolute Gasteiger partial charge is 0.302 e. The van der Waals surface area contributed by atoms with Crippen molar-refractivity contribution in [2.24, 2.45) is 29.1 Å². The molecule has 9 atom stereocenters. The van der Waals surface area contributed by atoms with E-state index in [0.717, 1.165) is 37.8 Å². The predicted octanol–water partition coefficient (Wildman–Crippen LogP) is 1.81. The Morgan fingerprint density at radius 2 is 2.05 bits per heavy atom. The van der Waals surface area contributed by atoms with Gasteiger partial charge in [0.25, 0.3) is 0 Å². The summed E-state index contributed by atoms with van der Waals surface area (Å²) < 4.78 is 5.60. The van der Waals surface area contributed by atoms with Crippen LogP contribution in [-0.4, -0.2) is 46.8 Å². The Morgan fingerprint density at radius 1 is 1.23 bits per heavy atom. The average molecular weight is 305 g/mol. The number of nitrogens with zero attached hydrogens (tertiary/aromatic N) is 1. The van der Waals surface area contributed by atoms with Gasteiger partial charge < -0.3 is 9.84 Å². The lowest BCUT2D eigenvalue weighted by Gasteiger charge is -2.65. The summed E-state index contributed by atoms with van der Waals surface area (Å²) >= 11 is 0. The molecule has 0 aromatic rings. The number of aliphatic hydroxyl groups is 1. The minimum absolute atomic E-state index is 0.00120. The number of piperidine rings is 2. The van der Waals surface area contributed by atoms with Crippen LogP contribution in [0.15, 0.2) is 0 Å². The molecule has 5 rings (SSSR count). The number of aliphatic hydroxyl groups excluding tert-OH is 1. The van der Waals surface area contributed by atoms with Gasteiger partial charge in [-0.05, 0) is 55.8 Å². The second-order valence-corrected chi connectivity index (χ2v) is 8.90. The summed E-state index contributed by atoms with van der Waals surface area (Å²) in [5.41, 5.74) is 0.218. The van der Waals surface area contributed by atoms with E-state index in [1.165, 1.54) is 26.2 Å². The van der Waals surface area contributed by atoms with Crippen LogP contribution >= 0.6 is 0 Å². The van der Waals surface area contributed by atoms with Crippen molar-refractivity contribution in [3.05, 3.63) is 0 Å². The maximum absolute atomic E-state index is 11.4. The van der Waals surface area contributed by atoms with Gasteiger partial charge in [-0.1, -0.05) is 6.92 Å². The van der Waals surface area contributed by atoms with Crippen molar-refractivity contribution in [2.75, 3.05) is 13.1 Å². The fraction of sp³-hybridized carbons (Fsp3) is 0.944. The molecule has 22 heavy (non-hydrogen) atoms. The Bertz CT molecular complexity index is 536. The van der Waals surface area contributed by atoms with E-state index in [2.05, 4.69) is 11.8 Å². The number of carbonyl (C=O) groups excluding carboxylic acids is 1. The summed E-state index contributed by atoms with van der Waals surface area (Å²) in [6, 6.07) is 0. The van der Waals surface area contributed by atoms with Gasteiger partial charge in [-0.2, -0.15) is 0 Å². The molecule has 1 unspecified atom stereocenters. The zero-order valence-corrected chi connectivity index (χ0v) is 13.6. The SMILES string of the molecule is CC(=O)O[C@@H]1CN2C[C@H]3C[C@@H]4[C@H]5C[C@@H](C)C[C@]42[C@]3(C1)[C@H](O)C5. The van der Waals surface area contributed by atoms with E-state index in [-0.39, 0.29) is 29.1 Å². The number of ether oxygens (including phenoxy) is 1. The van der Waals surface area contributed by atoms with E-state index in [0.29, 0.717) is 11.8 Å². The van der Waals surface area contributed by atoms with E-state index < -0.39 is 0 Å². The Labute approximate surface area is 132 Å². The molecular formula is C18H27NO3. The van der Waals surface area contributed by atoms with Crippen molar-refractivity contribution in [1.29, 1.82) is 0 Å². The van der Waals surface area contributed by atoms with Gasteiger partial charge >= 0.3 is 5.97 Å². The third-order valence-electron chi connectivity index (χ3n) is 8.07. The average Bonchev–Trinajstić information content (AvgIpc) is 2.70. The highest BCUT2D eigenvalue weighted by atomic mass is 16.5. The number of hydrogen-bond acceptors (Lipinski definition) is 4. The molecule has 2 heterocycles. The van der Waals surface area contributed by atoms with Gasteiger partial charge in [0.1, 0.15) is 6.10 Å². The first-order valence-electron chi connectivity index (χ1n) is 9.07. The van der Waals surface area contributed by atoms with Gasteiger partial charge in [-0.15, -0.1) is 0 Å². The van der Waals surface area contributed by atoms with Crippen LogP contribution < -0.4 is 0 Å². The Balaban J connectivity index is 1.61. The summed E-state index contributed by atoms with van der Waals surface area (Å²) in [5.74, 6) is 2.70. The van der Waals surface area contributed by atoms with E-state index in [4.69, 9.17) is 4.74 Å². The maximum atomic E-state index is 11.4. The highest BCUT2D eigenvalue weighted by Crippen LogP contribution is 2.76. The van der Waals surface area contributed by atoms with Crippen LogP contribution in [-0.2, 0) is 9.53 Å². The van der Waals surface area contributed by atoms with Gasteiger partial charge in [0, 0.05) is 31.0 Å². The third kappa shape index (κ3) is 1.32. The molecule has 0 aromatic carbocycles. The normalized spacial score (nSPS) is 61.1. The van der Waals surface area contributed by atoms with Gasteiger partial charge in [0.2, 0.25) is 0 Å². The Hall–Kier alpha value is -0.610. The number of hydrogen-bond donors (Lipinski definition) is 1. The van der Waals surface area contributed by atoms with E-state index in [1.807, 2.05) is 0 Å². The number of carbonyl (C=O) groups is 1. The van der Waals surface area contributed by atoms with Crippen molar-refractivity contribution < 1.29 is 14.6 Å². The molecule has 3 saturated carbocycles. The van der Waals surface area contributed by atoms with Crippen LogP contribution in [0, 0.1) is 29.1 Å². The molecular weight excluding hydrogens is 278 g/mol. The van der Waals surface area contributed by atoms with Gasteiger partial charge in [0.05, 0.1) is 6.10 Å². The number of rotatable bonds is 1. The monoisotopic (exact) mass is 305 g/mol. The molecule has 0 aromatic heterocycles. The first-order chi connectivity index (χ1) is 10.5. The standard InChI is InChI=1S/C18H27NO3/c1-10-3-12-4-16(21)17-7-14(22-11(2)20)9-19-8-13(17)5-15(12)18(17,19)6-10/h10,12-16,21H,3-9H2,1-2H3/t10-,12+,13-,14+,15-,16-,17+,18-/m1/s1. The minimum Gasteiger partial charge on any atom is -0.461 e. The molecule has 6 bridgehead atoms. The quantitative estimate of drug-likeness (QED) is 0.751. The zero-order chi connectivity index (χ0) is 15.3. The highest BCUT2D eigenvalue weighted by molar-refractivity contribution is 5.66. The first kappa shape index (κ1) is 13.8. The molecule has 4 heteroatoms. The summed E-state index contributed by atoms with van der Waals surface area (Å²) in [4.78, 5) is 14.1. The fourth-order valence-corrected chi connectivity index (χ4v) is 7.99. The van der Waals surface area contributed by atoms with Crippen molar-refractivity contribution in [3.8, 4) is 0 Å². The Morgan fingerprint density at radius 3 is 2.82 bits per heavy atom. The van der Waals surface area contributed by atoms with Gasteiger partial charge in [-0.3, -0.25) is 9.69 Å². The third-order valence-corrected chi connectivity index (χ3v) is 8.07. The lowest BCUT2D eigenvalue weighted by atomic mass is 9.48. The number of esters is 1. The highest BCUT2D eigenvalue weighted by Gasteiger charge is 2.80. The maximum Gasteiger partial charge on any atom is 0.302 e. The summed E-state index contributed by atoms with van der Waals surface area (Å²) in [6.45, 7) is 5.91. The van der Waals surface area contributed by atoms with E-state index in [9.17, 15) is 9.90 Å². The molecule has 122 valence electrons. The molecule has 0 amide bonds. The first-order valence-corrected chi connectivity index (χ1v) is 9.07.